The zero-order chi connectivity index (χ0) is 27.5. The lowest BCUT2D eigenvalue weighted by atomic mass is 9.84. The van der Waals surface area contributed by atoms with Crippen molar-refractivity contribution < 1.29 is 18.0 Å². The summed E-state index contributed by atoms with van der Waals surface area (Å²) in [6, 6.07) is 11.6. The van der Waals surface area contributed by atoms with E-state index in [9.17, 15) is 18.0 Å². The van der Waals surface area contributed by atoms with Crippen LogP contribution < -0.4 is 10.2 Å². The summed E-state index contributed by atoms with van der Waals surface area (Å²) in [6.45, 7) is 12.6. The molecule has 1 aromatic heterocycles. The molecule has 206 valence electrons. The number of alkyl halides is 3. The van der Waals surface area contributed by atoms with Crippen molar-refractivity contribution in [3.8, 4) is 0 Å². The second-order valence-electron chi connectivity index (χ2n) is 11.8. The van der Waals surface area contributed by atoms with E-state index in [-0.39, 0.29) is 11.3 Å². The molecule has 2 aromatic carbocycles. The van der Waals surface area contributed by atoms with Gasteiger partial charge in [0.2, 0.25) is 5.91 Å². The number of nitrogens with one attached hydrogen (secondary N) is 2. The minimum atomic E-state index is -4.33. The molecule has 0 aliphatic carbocycles. The van der Waals surface area contributed by atoms with E-state index in [0.717, 1.165) is 55.1 Å². The van der Waals surface area contributed by atoms with E-state index in [0.29, 0.717) is 31.1 Å². The van der Waals surface area contributed by atoms with Gasteiger partial charge in [0.1, 0.15) is 0 Å². The molecule has 0 spiro atoms. The first-order valence-corrected chi connectivity index (χ1v) is 13.4. The van der Waals surface area contributed by atoms with Gasteiger partial charge in [-0.15, -0.1) is 0 Å². The van der Waals surface area contributed by atoms with Crippen LogP contribution in [0.2, 0.25) is 0 Å². The Labute approximate surface area is 223 Å². The van der Waals surface area contributed by atoms with Gasteiger partial charge in [0.15, 0.2) is 0 Å². The number of nitrogens with zero attached hydrogens (tertiary/aromatic N) is 2. The van der Waals surface area contributed by atoms with E-state index in [4.69, 9.17) is 0 Å². The Bertz CT molecular complexity index is 1240. The summed E-state index contributed by atoms with van der Waals surface area (Å²) in [7, 11) is 0. The van der Waals surface area contributed by atoms with Crippen LogP contribution in [0.15, 0.2) is 48.7 Å². The summed E-state index contributed by atoms with van der Waals surface area (Å²) in [5, 5.41) is 4.17. The molecule has 1 atom stereocenters. The Morgan fingerprint density at radius 1 is 1.05 bits per heavy atom. The van der Waals surface area contributed by atoms with Crippen LogP contribution in [-0.2, 0) is 17.4 Å². The maximum absolute atomic E-state index is 13.1. The summed E-state index contributed by atoms with van der Waals surface area (Å²) in [4.78, 5) is 20.3. The highest BCUT2D eigenvalue weighted by Gasteiger charge is 2.31. The maximum atomic E-state index is 13.1. The number of benzene rings is 2. The monoisotopic (exact) mass is 528 g/mol. The number of fused-ring (bicyclic) bond motifs is 1. The Balaban J connectivity index is 1.31. The number of anilines is 2. The number of hydrogen-bond acceptors (Lipinski definition) is 3. The number of rotatable bonds is 8. The fraction of sp³-hybridized carbons (Fsp3) is 0.500. The van der Waals surface area contributed by atoms with E-state index in [2.05, 4.69) is 42.9 Å². The van der Waals surface area contributed by atoms with Gasteiger partial charge in [0, 0.05) is 67.6 Å². The molecule has 3 aromatic rings. The Hall–Kier alpha value is -3.00. The van der Waals surface area contributed by atoms with E-state index in [1.54, 1.807) is 6.07 Å². The third-order valence-corrected chi connectivity index (χ3v) is 7.15. The number of carbonyl (C=O) groups is 1. The van der Waals surface area contributed by atoms with Crippen LogP contribution in [0.3, 0.4) is 0 Å². The Morgan fingerprint density at radius 3 is 2.47 bits per heavy atom. The van der Waals surface area contributed by atoms with Gasteiger partial charge >= 0.3 is 6.18 Å². The van der Waals surface area contributed by atoms with Crippen LogP contribution in [0.4, 0.5) is 24.5 Å². The predicted molar refractivity (Wildman–Crippen MR) is 149 cm³/mol. The van der Waals surface area contributed by atoms with Crippen molar-refractivity contribution >= 4 is 28.2 Å². The van der Waals surface area contributed by atoms with E-state index < -0.39 is 11.7 Å². The van der Waals surface area contributed by atoms with E-state index >= 15 is 0 Å². The number of hydrogen-bond donors (Lipinski definition) is 2. The average molecular weight is 529 g/mol. The first kappa shape index (κ1) is 28.0. The number of H-pyrrole nitrogens is 1. The molecule has 1 amide bonds. The molecule has 1 aliphatic heterocycles. The summed E-state index contributed by atoms with van der Waals surface area (Å²) in [5.41, 5.74) is 3.25. The minimum absolute atomic E-state index is 0.0387. The van der Waals surface area contributed by atoms with Crippen molar-refractivity contribution in [3.05, 3.63) is 59.8 Å². The molecule has 0 bridgehead atoms. The Morgan fingerprint density at radius 2 is 1.79 bits per heavy atom. The number of halogens is 3. The van der Waals surface area contributed by atoms with E-state index in [1.807, 2.05) is 29.3 Å². The number of piperazine rings is 1. The number of aromatic amines is 1. The fourth-order valence-electron chi connectivity index (χ4n) is 5.50. The van der Waals surface area contributed by atoms with Gasteiger partial charge in [-0.1, -0.05) is 33.8 Å². The van der Waals surface area contributed by atoms with Crippen LogP contribution in [0, 0.1) is 11.3 Å². The SMILES string of the molecule is C[C@@H](CC(=O)Nc1ccc2[nH]cc(CCN3CCN(c4cccc(C(F)(F)F)c4)CC3)c2c1)CC(C)(C)C. The summed E-state index contributed by atoms with van der Waals surface area (Å²) < 4.78 is 39.3. The molecule has 8 heteroatoms. The molecule has 1 fully saturated rings. The fourth-order valence-corrected chi connectivity index (χ4v) is 5.50. The molecule has 1 saturated heterocycles. The number of carbonyl (C=O) groups excluding carboxylic acids is 1. The molecule has 0 saturated carbocycles. The molecule has 2 heterocycles. The van der Waals surface area contributed by atoms with Gasteiger partial charge in [-0.3, -0.25) is 9.69 Å². The van der Waals surface area contributed by atoms with Gasteiger partial charge in [0.25, 0.3) is 0 Å². The molecule has 0 unspecified atom stereocenters. The van der Waals surface area contributed by atoms with Crippen LogP contribution in [0.25, 0.3) is 10.9 Å². The smallest absolute Gasteiger partial charge is 0.369 e. The van der Waals surface area contributed by atoms with Crippen molar-refractivity contribution in [3.63, 3.8) is 0 Å². The second kappa shape index (κ2) is 11.4. The standard InChI is InChI=1S/C30H39F3N4O/c1-21(19-29(2,3)4)16-28(38)35-24-8-9-27-26(18-24)22(20-34-27)10-11-36-12-14-37(15-13-36)25-7-5-6-23(17-25)30(31,32)33/h5-9,17-18,20-21,34H,10-16,19H2,1-4H3,(H,35,38)/t21-/m0/s1. The summed E-state index contributed by atoms with van der Waals surface area (Å²) in [5.74, 6) is 0.354. The zero-order valence-electron chi connectivity index (χ0n) is 22.8. The zero-order valence-corrected chi connectivity index (χ0v) is 22.8. The van der Waals surface area contributed by atoms with Crippen LogP contribution in [0.5, 0.6) is 0 Å². The van der Waals surface area contributed by atoms with Crippen LogP contribution >= 0.6 is 0 Å². The average Bonchev–Trinajstić information content (AvgIpc) is 3.23. The van der Waals surface area contributed by atoms with Crippen molar-refractivity contribution in [1.82, 2.24) is 9.88 Å². The molecule has 4 rings (SSSR count). The lowest BCUT2D eigenvalue weighted by Gasteiger charge is -2.36. The van der Waals surface area contributed by atoms with Gasteiger partial charge in [0.05, 0.1) is 5.56 Å². The largest absolute Gasteiger partial charge is 0.416 e. The lowest BCUT2D eigenvalue weighted by molar-refractivity contribution is -0.137. The highest BCUT2D eigenvalue weighted by molar-refractivity contribution is 5.94. The predicted octanol–water partition coefficient (Wildman–Crippen LogP) is 6.95. The highest BCUT2D eigenvalue weighted by atomic mass is 19.4. The molecule has 1 aliphatic rings. The summed E-state index contributed by atoms with van der Waals surface area (Å²) in [6.07, 6.45) is 0.0477. The number of amides is 1. The first-order valence-electron chi connectivity index (χ1n) is 13.4. The van der Waals surface area contributed by atoms with Crippen molar-refractivity contribution in [2.45, 2.75) is 53.1 Å². The molecule has 38 heavy (non-hydrogen) atoms. The van der Waals surface area contributed by atoms with Crippen LogP contribution in [0.1, 0.15) is 51.7 Å². The lowest BCUT2D eigenvalue weighted by Crippen LogP contribution is -2.47. The van der Waals surface area contributed by atoms with Crippen molar-refractivity contribution in [1.29, 1.82) is 0 Å². The topological polar surface area (TPSA) is 51.4 Å². The van der Waals surface area contributed by atoms with E-state index in [1.165, 1.54) is 17.7 Å². The van der Waals surface area contributed by atoms with Gasteiger partial charge in [-0.05, 0) is 66.1 Å². The van der Waals surface area contributed by atoms with Gasteiger partial charge < -0.3 is 15.2 Å². The third-order valence-electron chi connectivity index (χ3n) is 7.15. The summed E-state index contributed by atoms with van der Waals surface area (Å²) >= 11 is 0. The molecular weight excluding hydrogens is 489 g/mol. The van der Waals surface area contributed by atoms with Gasteiger partial charge in [-0.2, -0.15) is 13.2 Å². The second-order valence-corrected chi connectivity index (χ2v) is 11.8. The number of aromatic nitrogens is 1. The van der Waals surface area contributed by atoms with Crippen LogP contribution in [-0.4, -0.2) is 48.5 Å². The quantitative estimate of drug-likeness (QED) is 0.333. The third kappa shape index (κ3) is 7.53. The normalized spacial score (nSPS) is 16.1. The van der Waals surface area contributed by atoms with Crippen molar-refractivity contribution in [2.75, 3.05) is 42.9 Å². The molecule has 0 radical (unpaired) electrons. The molecular formula is C30H39F3N4O. The Kier molecular flexibility index (Phi) is 8.40. The minimum Gasteiger partial charge on any atom is -0.369 e. The highest BCUT2D eigenvalue weighted by Crippen LogP contribution is 2.32. The molecule has 5 nitrogen and oxygen atoms in total. The molecule has 2 N–H and O–H groups in total. The van der Waals surface area contributed by atoms with Crippen molar-refractivity contribution in [2.24, 2.45) is 11.3 Å². The maximum Gasteiger partial charge on any atom is 0.416 e. The van der Waals surface area contributed by atoms with Gasteiger partial charge in [-0.25, -0.2) is 0 Å². The first-order chi connectivity index (χ1) is 17.9.